The van der Waals surface area contributed by atoms with Crippen LogP contribution in [0.5, 0.6) is 0 Å². The number of allylic oxidation sites excluding steroid dienone is 8. The number of ether oxygens (including phenoxy) is 3. The Bertz CT molecular complexity index is 1140. The summed E-state index contributed by atoms with van der Waals surface area (Å²) in [6.07, 6.45) is 46.4. The van der Waals surface area contributed by atoms with Crippen LogP contribution in [-0.4, -0.2) is 76.3 Å². The van der Waals surface area contributed by atoms with Crippen LogP contribution in [0.4, 0.5) is 0 Å². The second-order valence-corrected chi connectivity index (χ2v) is 17.6. The number of rotatable bonds is 39. The first-order chi connectivity index (χ1) is 27.1. The van der Waals surface area contributed by atoms with Crippen molar-refractivity contribution >= 4 is 13.8 Å². The van der Waals surface area contributed by atoms with Gasteiger partial charge in [-0.1, -0.05) is 120 Å². The molecule has 0 aliphatic carbocycles. The van der Waals surface area contributed by atoms with Crippen molar-refractivity contribution in [3.05, 3.63) is 60.9 Å². The molecule has 324 valence electrons. The Kier molecular flexibility index (Phi) is 32.5. The zero-order valence-electron chi connectivity index (χ0n) is 36.3. The number of hydrogen-bond donors (Lipinski definition) is 0. The lowest BCUT2D eigenvalue weighted by atomic mass is 10.1. The van der Waals surface area contributed by atoms with Crippen LogP contribution in [0.25, 0.3) is 0 Å². The Balaban J connectivity index is 2.32. The van der Waals surface area contributed by atoms with Crippen LogP contribution in [0.1, 0.15) is 162 Å². The van der Waals surface area contributed by atoms with Crippen LogP contribution in [0.3, 0.4) is 0 Å². The number of epoxide rings is 1. The first-order valence-electron chi connectivity index (χ1n) is 22.2. The average Bonchev–Trinajstić information content (AvgIpc) is 3.91. The van der Waals surface area contributed by atoms with Crippen LogP contribution in [0, 0.1) is 0 Å². The van der Waals surface area contributed by atoms with Crippen molar-refractivity contribution in [2.75, 3.05) is 47.5 Å². The van der Waals surface area contributed by atoms with Gasteiger partial charge in [-0.15, -0.1) is 0 Å². The molecule has 3 unspecified atom stereocenters. The molecule has 10 heteroatoms. The van der Waals surface area contributed by atoms with Gasteiger partial charge in [0.2, 0.25) is 0 Å². The fraction of sp³-hybridized carbons (Fsp3) is 0.761. The van der Waals surface area contributed by atoms with Crippen molar-refractivity contribution in [3.8, 4) is 0 Å². The number of phosphoric ester groups is 1. The number of nitrogens with zero attached hydrogens (tertiary/aromatic N) is 1. The lowest BCUT2D eigenvalue weighted by Crippen LogP contribution is -2.37. The van der Waals surface area contributed by atoms with Gasteiger partial charge in [-0.3, -0.25) is 9.36 Å². The molecule has 0 aromatic carbocycles. The van der Waals surface area contributed by atoms with E-state index in [1.165, 1.54) is 83.5 Å². The van der Waals surface area contributed by atoms with E-state index in [0.717, 1.165) is 51.4 Å². The smallest absolute Gasteiger partial charge is 0.305 e. The highest BCUT2D eigenvalue weighted by Gasteiger charge is 2.36. The molecular formula is C46H82NO8P. The molecule has 1 fully saturated rings. The van der Waals surface area contributed by atoms with Crippen molar-refractivity contribution in [1.82, 2.24) is 0 Å². The molecule has 1 aliphatic heterocycles. The summed E-state index contributed by atoms with van der Waals surface area (Å²) in [5.41, 5.74) is 0. The first kappa shape index (κ1) is 52.0. The summed E-state index contributed by atoms with van der Waals surface area (Å²) < 4.78 is 40.1. The Morgan fingerprint density at radius 2 is 1.21 bits per heavy atom. The van der Waals surface area contributed by atoms with E-state index in [2.05, 4.69) is 62.5 Å². The first-order valence-corrected chi connectivity index (χ1v) is 23.6. The van der Waals surface area contributed by atoms with E-state index in [1.807, 2.05) is 27.2 Å². The van der Waals surface area contributed by atoms with E-state index >= 15 is 0 Å². The number of unbranched alkanes of at least 4 members (excludes halogenated alkanes) is 14. The van der Waals surface area contributed by atoms with Gasteiger partial charge >= 0.3 is 5.97 Å². The van der Waals surface area contributed by atoms with Gasteiger partial charge in [-0.05, 0) is 89.5 Å². The molecule has 1 heterocycles. The minimum Gasteiger partial charge on any atom is -0.756 e. The maximum Gasteiger partial charge on any atom is 0.305 e. The summed E-state index contributed by atoms with van der Waals surface area (Å²) >= 11 is 0. The highest BCUT2D eigenvalue weighted by molar-refractivity contribution is 7.45. The van der Waals surface area contributed by atoms with Gasteiger partial charge in [0.25, 0.3) is 7.82 Å². The maximum atomic E-state index is 12.6. The normalized spacial score (nSPS) is 17.9. The SMILES string of the molecule is CCCCC/C=C\C/C=C\C/C=C\CC1OC1CCCC(=O)OC[C@H](COP(=O)([O-])OCC[N+](C)(C)C)O/C=C/CCCCCC/C=C\CCCCCCCC. The maximum absolute atomic E-state index is 12.6. The lowest BCUT2D eigenvalue weighted by Gasteiger charge is -2.28. The number of carbonyl (C=O) groups is 1. The molecule has 56 heavy (non-hydrogen) atoms. The quantitative estimate of drug-likeness (QED) is 0.0115. The summed E-state index contributed by atoms with van der Waals surface area (Å²) in [5, 5.41) is 0. The van der Waals surface area contributed by atoms with E-state index < -0.39 is 13.9 Å². The zero-order valence-corrected chi connectivity index (χ0v) is 37.2. The van der Waals surface area contributed by atoms with Crippen molar-refractivity contribution in [3.63, 3.8) is 0 Å². The summed E-state index contributed by atoms with van der Waals surface area (Å²) in [4.78, 5) is 24.9. The van der Waals surface area contributed by atoms with Crippen LogP contribution in [-0.2, 0) is 32.6 Å². The predicted molar refractivity (Wildman–Crippen MR) is 230 cm³/mol. The molecule has 9 nitrogen and oxygen atoms in total. The third-order valence-electron chi connectivity index (χ3n) is 9.55. The van der Waals surface area contributed by atoms with Crippen LogP contribution < -0.4 is 4.89 Å². The molecule has 0 N–H and O–H groups in total. The van der Waals surface area contributed by atoms with E-state index in [9.17, 15) is 14.3 Å². The summed E-state index contributed by atoms with van der Waals surface area (Å²) in [6, 6.07) is 0. The van der Waals surface area contributed by atoms with Crippen molar-refractivity contribution in [2.24, 2.45) is 0 Å². The minimum atomic E-state index is -4.54. The van der Waals surface area contributed by atoms with Gasteiger partial charge in [0.1, 0.15) is 19.8 Å². The number of esters is 1. The van der Waals surface area contributed by atoms with Crippen molar-refractivity contribution < 1.29 is 42.0 Å². The fourth-order valence-electron chi connectivity index (χ4n) is 5.90. The Morgan fingerprint density at radius 3 is 1.86 bits per heavy atom. The Labute approximate surface area is 343 Å². The molecule has 4 atom stereocenters. The molecule has 0 bridgehead atoms. The molecule has 0 radical (unpaired) electrons. The third kappa shape index (κ3) is 35.2. The number of hydrogen-bond acceptors (Lipinski definition) is 8. The van der Waals surface area contributed by atoms with E-state index in [1.54, 1.807) is 6.26 Å². The van der Waals surface area contributed by atoms with Gasteiger partial charge in [-0.2, -0.15) is 0 Å². The van der Waals surface area contributed by atoms with Crippen molar-refractivity contribution in [1.29, 1.82) is 0 Å². The molecular weight excluding hydrogens is 725 g/mol. The van der Waals surface area contributed by atoms with Gasteiger partial charge in [0.15, 0.2) is 6.10 Å². The summed E-state index contributed by atoms with van der Waals surface area (Å²) in [7, 11) is 1.31. The lowest BCUT2D eigenvalue weighted by molar-refractivity contribution is -0.870. The highest BCUT2D eigenvalue weighted by Crippen LogP contribution is 2.38. The molecule has 0 amide bonds. The summed E-state index contributed by atoms with van der Waals surface area (Å²) in [6.45, 7) is 4.57. The van der Waals surface area contributed by atoms with Crippen molar-refractivity contribution in [2.45, 2.75) is 180 Å². The molecule has 0 aromatic heterocycles. The fourth-order valence-corrected chi connectivity index (χ4v) is 6.63. The largest absolute Gasteiger partial charge is 0.756 e. The van der Waals surface area contributed by atoms with E-state index in [-0.39, 0.29) is 44.4 Å². The van der Waals surface area contributed by atoms with Gasteiger partial charge < -0.3 is 32.6 Å². The minimum absolute atomic E-state index is 0.0106. The molecule has 0 aromatic rings. The predicted octanol–water partition coefficient (Wildman–Crippen LogP) is 11.6. The number of carbonyl (C=O) groups excluding carboxylic acids is 1. The number of phosphoric acid groups is 1. The molecule has 0 spiro atoms. The number of quaternary nitrogens is 1. The van der Waals surface area contributed by atoms with E-state index in [4.69, 9.17) is 23.3 Å². The number of likely N-dealkylation sites (N-methyl/N-ethyl adjacent to an activating group) is 1. The standard InChI is InChI=1S/C46H82NO8P/c1-6-8-10-12-14-16-18-20-21-22-23-25-27-29-31-33-39-51-43(42-54-56(49,50)53-40-38-47(3,4)5)41-52-46(48)37-34-36-45-44(55-45)35-32-30-28-26-24-19-17-15-13-11-9-7-2/h15,17,20-21,24,26,30,32-33,39,43-45H,6-14,16,18-19,22-23,25,27-29,31,34-38,40-42H2,1-5H3/b17-15-,21-20-,26-24-,32-30-,39-33+/t43-,44?,45?/m1/s1. The van der Waals surface area contributed by atoms with Gasteiger partial charge in [0.05, 0.1) is 46.2 Å². The van der Waals surface area contributed by atoms with E-state index in [0.29, 0.717) is 17.4 Å². The summed E-state index contributed by atoms with van der Waals surface area (Å²) in [5.74, 6) is -0.357. The molecule has 1 rings (SSSR count). The molecule has 1 saturated heterocycles. The molecule has 1 aliphatic rings. The highest BCUT2D eigenvalue weighted by atomic mass is 31.2. The van der Waals surface area contributed by atoms with Gasteiger partial charge in [0, 0.05) is 6.42 Å². The zero-order chi connectivity index (χ0) is 41.0. The Hall–Kier alpha value is -2.00. The van der Waals surface area contributed by atoms with Crippen LogP contribution in [0.15, 0.2) is 60.9 Å². The monoisotopic (exact) mass is 808 g/mol. The topological polar surface area (TPSA) is 107 Å². The van der Waals surface area contributed by atoms with Crippen LogP contribution >= 0.6 is 7.82 Å². The molecule has 0 saturated carbocycles. The second-order valence-electron chi connectivity index (χ2n) is 16.1. The second kappa shape index (κ2) is 35.0. The Morgan fingerprint density at radius 1 is 0.679 bits per heavy atom. The van der Waals surface area contributed by atoms with Gasteiger partial charge in [-0.25, -0.2) is 0 Å². The third-order valence-corrected chi connectivity index (χ3v) is 10.5. The van der Waals surface area contributed by atoms with Crippen LogP contribution in [0.2, 0.25) is 0 Å². The average molecular weight is 808 g/mol.